The number of likely N-dealkylation sites (N-methyl/N-ethyl adjacent to an activating group) is 1. The first kappa shape index (κ1) is 30.0. The van der Waals surface area contributed by atoms with Gasteiger partial charge in [-0.05, 0) is 69.4 Å². The Morgan fingerprint density at radius 1 is 1.20 bits per heavy atom. The standard InChI is InChI=1S/C29H38ClN3O7/c1-7-33(13(4)12(2)3)11-15-10-18(34)20-16(22(15)30)8-14-9-17-23(32(5)6)25(36)21(28(31)39)27(38)29(17,40)26(37)19(14)24(20)35/h10,12-14,17,23,34-35,38,40H,7-9,11H2,1-6H3,(H2,31,39)/t13-,14+,17+,23+,29+/m1/s1. The van der Waals surface area contributed by atoms with Gasteiger partial charge in [-0.25, -0.2) is 0 Å². The Balaban J connectivity index is 1.87. The highest BCUT2D eigenvalue weighted by Crippen LogP contribution is 2.53. The Morgan fingerprint density at radius 3 is 2.35 bits per heavy atom. The Kier molecular flexibility index (Phi) is 7.87. The number of primary amides is 1. The second-order valence-corrected chi connectivity index (χ2v) is 12.1. The zero-order valence-corrected chi connectivity index (χ0v) is 24.4. The van der Waals surface area contributed by atoms with Crippen LogP contribution in [0, 0.1) is 17.8 Å². The molecule has 218 valence electrons. The molecule has 0 aliphatic heterocycles. The van der Waals surface area contributed by atoms with Gasteiger partial charge in [0.25, 0.3) is 5.91 Å². The normalized spacial score (nSPS) is 27.3. The fourth-order valence-corrected chi connectivity index (χ4v) is 6.93. The van der Waals surface area contributed by atoms with E-state index in [0.29, 0.717) is 28.6 Å². The molecule has 3 aliphatic carbocycles. The molecule has 1 saturated carbocycles. The summed E-state index contributed by atoms with van der Waals surface area (Å²) in [7, 11) is 3.12. The molecule has 3 aliphatic rings. The fraction of sp³-hybridized carbons (Fsp3) is 0.552. The lowest BCUT2D eigenvalue weighted by atomic mass is 9.57. The van der Waals surface area contributed by atoms with E-state index in [2.05, 4.69) is 25.7 Å². The molecule has 1 aromatic rings. The number of nitrogens with two attached hydrogens (primary N) is 1. The lowest BCUT2D eigenvalue weighted by Crippen LogP contribution is -2.65. The molecule has 0 unspecified atom stereocenters. The highest BCUT2D eigenvalue weighted by Gasteiger charge is 2.64. The van der Waals surface area contributed by atoms with E-state index in [1.165, 1.54) is 11.0 Å². The number of benzene rings is 1. The van der Waals surface area contributed by atoms with Crippen LogP contribution in [0.5, 0.6) is 5.75 Å². The number of phenolic OH excluding ortho intramolecular Hbond substituents is 1. The average molecular weight is 576 g/mol. The minimum atomic E-state index is -2.67. The molecule has 5 atom stereocenters. The van der Waals surface area contributed by atoms with Crippen molar-refractivity contribution in [2.24, 2.45) is 23.5 Å². The number of amides is 1. The number of aliphatic hydroxyl groups excluding tert-OH is 2. The van der Waals surface area contributed by atoms with Crippen molar-refractivity contribution in [3.63, 3.8) is 0 Å². The third kappa shape index (κ3) is 4.32. The number of aliphatic hydroxyl groups is 3. The molecule has 0 saturated heterocycles. The van der Waals surface area contributed by atoms with Crippen LogP contribution in [0.25, 0.3) is 5.76 Å². The van der Waals surface area contributed by atoms with Crippen LogP contribution in [-0.2, 0) is 27.3 Å². The smallest absolute Gasteiger partial charge is 0.255 e. The van der Waals surface area contributed by atoms with Gasteiger partial charge in [0.2, 0.25) is 5.78 Å². The zero-order chi connectivity index (χ0) is 30.0. The number of aromatic hydroxyl groups is 1. The van der Waals surface area contributed by atoms with Crippen LogP contribution in [0.4, 0.5) is 0 Å². The summed E-state index contributed by atoms with van der Waals surface area (Å²) in [6.07, 6.45) is 0.166. The van der Waals surface area contributed by atoms with Crippen LogP contribution in [0.2, 0.25) is 5.02 Å². The summed E-state index contributed by atoms with van der Waals surface area (Å²) in [5, 5.41) is 45.4. The summed E-state index contributed by atoms with van der Waals surface area (Å²) >= 11 is 6.89. The van der Waals surface area contributed by atoms with Gasteiger partial charge in [-0.3, -0.25) is 24.2 Å². The van der Waals surface area contributed by atoms with Crippen molar-refractivity contribution in [1.29, 1.82) is 0 Å². The second-order valence-electron chi connectivity index (χ2n) is 11.7. The summed E-state index contributed by atoms with van der Waals surface area (Å²) in [5.41, 5.74) is 2.78. The van der Waals surface area contributed by atoms with Gasteiger partial charge >= 0.3 is 0 Å². The average Bonchev–Trinajstić information content (AvgIpc) is 2.86. The minimum Gasteiger partial charge on any atom is -0.508 e. The number of halogens is 1. The molecule has 6 N–H and O–H groups in total. The van der Waals surface area contributed by atoms with Gasteiger partial charge in [0.15, 0.2) is 11.4 Å². The molecule has 11 heteroatoms. The Labute approximate surface area is 238 Å². The molecule has 0 radical (unpaired) electrons. The van der Waals surface area contributed by atoms with Crippen molar-refractivity contribution in [1.82, 2.24) is 9.80 Å². The third-order valence-electron chi connectivity index (χ3n) is 9.05. The largest absolute Gasteiger partial charge is 0.508 e. The molecule has 1 aromatic carbocycles. The van der Waals surface area contributed by atoms with Crippen molar-refractivity contribution in [2.75, 3.05) is 20.6 Å². The number of hydrogen-bond acceptors (Lipinski definition) is 9. The zero-order valence-electron chi connectivity index (χ0n) is 23.7. The van der Waals surface area contributed by atoms with Gasteiger partial charge in [0.1, 0.15) is 22.8 Å². The monoisotopic (exact) mass is 575 g/mol. The van der Waals surface area contributed by atoms with E-state index in [1.54, 1.807) is 14.1 Å². The van der Waals surface area contributed by atoms with E-state index in [4.69, 9.17) is 17.3 Å². The lowest BCUT2D eigenvalue weighted by Gasteiger charge is -2.50. The van der Waals surface area contributed by atoms with Crippen LogP contribution < -0.4 is 5.73 Å². The van der Waals surface area contributed by atoms with Crippen LogP contribution in [-0.4, -0.2) is 86.0 Å². The molecular weight excluding hydrogens is 538 g/mol. The summed E-state index contributed by atoms with van der Waals surface area (Å²) in [4.78, 5) is 42.9. The lowest BCUT2D eigenvalue weighted by molar-refractivity contribution is -0.153. The number of ketones is 2. The SMILES string of the molecule is CCN(Cc1cc(O)c2c(c1Cl)C[C@H]1C[C@H]3[C@H](N(C)C)C(=O)C(C(N)=O)=C(O)[C@@]3(O)C(=O)C1=C2O)[C@H](C)C(C)C. The van der Waals surface area contributed by atoms with Gasteiger partial charge in [0, 0.05) is 29.1 Å². The van der Waals surface area contributed by atoms with Gasteiger partial charge in [-0.1, -0.05) is 32.4 Å². The predicted molar refractivity (Wildman–Crippen MR) is 150 cm³/mol. The minimum absolute atomic E-state index is 0.00926. The molecule has 40 heavy (non-hydrogen) atoms. The molecule has 4 rings (SSSR count). The first-order valence-corrected chi connectivity index (χ1v) is 13.9. The van der Waals surface area contributed by atoms with E-state index < -0.39 is 58.0 Å². The first-order valence-electron chi connectivity index (χ1n) is 13.5. The van der Waals surface area contributed by atoms with Crippen LogP contribution in [0.1, 0.15) is 50.8 Å². The van der Waals surface area contributed by atoms with Crippen LogP contribution in [0.3, 0.4) is 0 Å². The van der Waals surface area contributed by atoms with E-state index in [-0.39, 0.29) is 35.8 Å². The molecule has 0 heterocycles. The van der Waals surface area contributed by atoms with Crippen LogP contribution in [0.15, 0.2) is 23.0 Å². The predicted octanol–water partition coefficient (Wildman–Crippen LogP) is 2.48. The number of Topliss-reactive ketones (excluding diaryl/α,β-unsaturated/α-hetero) is 2. The van der Waals surface area contributed by atoms with Crippen molar-refractivity contribution in [2.45, 2.75) is 64.8 Å². The Hall–Kier alpha value is -2.92. The topological polar surface area (TPSA) is 165 Å². The van der Waals surface area contributed by atoms with Crippen molar-refractivity contribution in [3.05, 3.63) is 44.7 Å². The van der Waals surface area contributed by atoms with E-state index >= 15 is 0 Å². The number of phenols is 1. The molecule has 10 nitrogen and oxygen atoms in total. The van der Waals surface area contributed by atoms with E-state index in [0.717, 1.165) is 6.54 Å². The quantitative estimate of drug-likeness (QED) is 0.307. The maximum atomic E-state index is 13.9. The van der Waals surface area contributed by atoms with E-state index in [1.807, 2.05) is 6.92 Å². The number of carbonyl (C=O) groups is 3. The Morgan fingerprint density at radius 2 is 1.82 bits per heavy atom. The van der Waals surface area contributed by atoms with Gasteiger partial charge in [-0.2, -0.15) is 0 Å². The first-order chi connectivity index (χ1) is 18.6. The van der Waals surface area contributed by atoms with Gasteiger partial charge in [0.05, 0.1) is 11.6 Å². The van der Waals surface area contributed by atoms with Gasteiger partial charge < -0.3 is 26.2 Å². The van der Waals surface area contributed by atoms with Crippen molar-refractivity contribution in [3.8, 4) is 5.75 Å². The molecule has 0 spiro atoms. The highest BCUT2D eigenvalue weighted by atomic mass is 35.5. The van der Waals surface area contributed by atoms with Crippen LogP contribution >= 0.6 is 11.6 Å². The third-order valence-corrected chi connectivity index (χ3v) is 9.52. The highest BCUT2D eigenvalue weighted by molar-refractivity contribution is 6.32. The number of hydrogen-bond donors (Lipinski definition) is 5. The second kappa shape index (κ2) is 10.5. The summed E-state index contributed by atoms with van der Waals surface area (Å²) in [5.74, 6) is -6.46. The maximum absolute atomic E-state index is 13.9. The summed E-state index contributed by atoms with van der Waals surface area (Å²) in [6, 6.07) is 0.580. The van der Waals surface area contributed by atoms with Crippen molar-refractivity contribution < 1.29 is 34.8 Å². The maximum Gasteiger partial charge on any atom is 0.255 e. The number of rotatable bonds is 7. The molecule has 0 aromatic heterocycles. The Bertz CT molecular complexity index is 1350. The number of nitrogens with zero attached hydrogens (tertiary/aromatic N) is 2. The van der Waals surface area contributed by atoms with E-state index in [9.17, 15) is 34.8 Å². The summed E-state index contributed by atoms with van der Waals surface area (Å²) < 4.78 is 0. The van der Waals surface area contributed by atoms with Gasteiger partial charge in [-0.15, -0.1) is 0 Å². The molecule has 1 fully saturated rings. The summed E-state index contributed by atoms with van der Waals surface area (Å²) in [6.45, 7) is 9.63. The molecule has 1 amide bonds. The fourth-order valence-electron chi connectivity index (χ4n) is 6.65. The number of carbonyl (C=O) groups excluding carboxylic acids is 3. The number of fused-ring (bicyclic) bond motifs is 3. The molecular formula is C29H38ClN3O7. The van der Waals surface area contributed by atoms with Crippen molar-refractivity contribution >= 4 is 34.8 Å². The molecule has 0 bridgehead atoms.